The number of likely N-dealkylation sites (N-methyl/N-ethyl adjacent to an activating group) is 1. The van der Waals surface area contributed by atoms with Gasteiger partial charge in [0.1, 0.15) is 12.1 Å². The van der Waals surface area contributed by atoms with E-state index < -0.39 is 6.04 Å². The number of nitrogens with one attached hydrogen (secondary N) is 1. The molecule has 0 radical (unpaired) electrons. The van der Waals surface area contributed by atoms with Crippen LogP contribution in [0.1, 0.15) is 12.0 Å². The molecule has 1 aromatic rings. The molecule has 1 fully saturated rings. The van der Waals surface area contributed by atoms with Crippen molar-refractivity contribution in [2.45, 2.75) is 12.5 Å². The number of benzene rings is 1. The molecule has 0 aliphatic carbocycles. The molecule has 1 unspecified atom stereocenters. The number of amides is 2. The fourth-order valence-electron chi connectivity index (χ4n) is 1.79. The molecule has 2 rings (SSSR count). The second kappa shape index (κ2) is 4.67. The highest BCUT2D eigenvalue weighted by Gasteiger charge is 2.36. The van der Waals surface area contributed by atoms with Gasteiger partial charge in [0.15, 0.2) is 0 Å². The standard InChI is InChI=1S/C12H10ClN3O2/c1-16-11(17)5-10(12(16)18)15-9-4-8(13)3-2-7(9)6-14/h2-4,10,15H,5H2,1H3. The van der Waals surface area contributed by atoms with Gasteiger partial charge < -0.3 is 5.32 Å². The Morgan fingerprint density at radius 2 is 2.22 bits per heavy atom. The van der Waals surface area contributed by atoms with Crippen LogP contribution < -0.4 is 5.32 Å². The van der Waals surface area contributed by atoms with E-state index in [9.17, 15) is 9.59 Å². The predicted octanol–water partition coefficient (Wildman–Crippen LogP) is 1.38. The van der Waals surface area contributed by atoms with Gasteiger partial charge in [0.2, 0.25) is 5.91 Å². The average molecular weight is 264 g/mol. The average Bonchev–Trinajstić information content (AvgIpc) is 2.57. The number of carbonyl (C=O) groups excluding carboxylic acids is 2. The first-order chi connectivity index (χ1) is 8.52. The van der Waals surface area contributed by atoms with Crippen molar-refractivity contribution in [2.75, 3.05) is 12.4 Å². The van der Waals surface area contributed by atoms with Crippen LogP contribution in [0.4, 0.5) is 5.69 Å². The van der Waals surface area contributed by atoms with Crippen molar-refractivity contribution >= 4 is 29.1 Å². The number of anilines is 1. The zero-order valence-corrected chi connectivity index (χ0v) is 10.4. The molecule has 92 valence electrons. The number of likely N-dealkylation sites (tertiary alicyclic amines) is 1. The lowest BCUT2D eigenvalue weighted by Crippen LogP contribution is -2.32. The Bertz CT molecular complexity index is 565. The Morgan fingerprint density at radius 3 is 2.78 bits per heavy atom. The summed E-state index contributed by atoms with van der Waals surface area (Å²) in [5.41, 5.74) is 0.848. The van der Waals surface area contributed by atoms with E-state index in [4.69, 9.17) is 16.9 Å². The van der Waals surface area contributed by atoms with E-state index in [0.717, 1.165) is 4.90 Å². The van der Waals surface area contributed by atoms with Gasteiger partial charge >= 0.3 is 0 Å². The third-order valence-electron chi connectivity index (χ3n) is 2.81. The Kier molecular flexibility index (Phi) is 3.21. The highest BCUT2D eigenvalue weighted by molar-refractivity contribution is 6.30. The van der Waals surface area contributed by atoms with Gasteiger partial charge in [-0.1, -0.05) is 11.6 Å². The monoisotopic (exact) mass is 263 g/mol. The topological polar surface area (TPSA) is 73.2 Å². The van der Waals surface area contributed by atoms with E-state index in [1.807, 2.05) is 6.07 Å². The molecular weight excluding hydrogens is 254 g/mol. The van der Waals surface area contributed by atoms with Crippen molar-refractivity contribution in [2.24, 2.45) is 0 Å². The van der Waals surface area contributed by atoms with Gasteiger partial charge in [-0.05, 0) is 18.2 Å². The lowest BCUT2D eigenvalue weighted by molar-refractivity contribution is -0.136. The predicted molar refractivity (Wildman–Crippen MR) is 66.0 cm³/mol. The fraction of sp³-hybridized carbons (Fsp3) is 0.250. The molecule has 1 atom stereocenters. The summed E-state index contributed by atoms with van der Waals surface area (Å²) >= 11 is 5.84. The lowest BCUT2D eigenvalue weighted by Gasteiger charge is -2.13. The van der Waals surface area contributed by atoms with Crippen LogP contribution in [0.2, 0.25) is 5.02 Å². The molecule has 1 heterocycles. The summed E-state index contributed by atoms with van der Waals surface area (Å²) < 4.78 is 0. The largest absolute Gasteiger partial charge is 0.372 e. The SMILES string of the molecule is CN1C(=O)CC(Nc2cc(Cl)ccc2C#N)C1=O. The van der Waals surface area contributed by atoms with Gasteiger partial charge in [-0.15, -0.1) is 0 Å². The second-order valence-electron chi connectivity index (χ2n) is 3.99. The number of hydrogen-bond acceptors (Lipinski definition) is 4. The maximum atomic E-state index is 11.7. The van der Waals surface area contributed by atoms with Crippen molar-refractivity contribution in [3.63, 3.8) is 0 Å². The first-order valence-electron chi connectivity index (χ1n) is 5.29. The Hall–Kier alpha value is -2.06. The van der Waals surface area contributed by atoms with E-state index in [-0.39, 0.29) is 18.2 Å². The third kappa shape index (κ3) is 2.15. The minimum Gasteiger partial charge on any atom is -0.372 e. The molecule has 2 amide bonds. The number of carbonyl (C=O) groups is 2. The van der Waals surface area contributed by atoms with Gasteiger partial charge in [-0.2, -0.15) is 5.26 Å². The highest BCUT2D eigenvalue weighted by atomic mass is 35.5. The second-order valence-corrected chi connectivity index (χ2v) is 4.43. The Balaban J connectivity index is 2.25. The van der Waals surface area contributed by atoms with E-state index >= 15 is 0 Å². The smallest absolute Gasteiger partial charge is 0.251 e. The van der Waals surface area contributed by atoms with Crippen molar-refractivity contribution in [3.8, 4) is 6.07 Å². The summed E-state index contributed by atoms with van der Waals surface area (Å²) in [7, 11) is 1.44. The quantitative estimate of drug-likeness (QED) is 0.818. The van der Waals surface area contributed by atoms with Crippen LogP contribution in [0.5, 0.6) is 0 Å². The van der Waals surface area contributed by atoms with Gasteiger partial charge in [-0.25, -0.2) is 0 Å². The fourth-order valence-corrected chi connectivity index (χ4v) is 1.96. The number of nitrogens with zero attached hydrogens (tertiary/aromatic N) is 2. The van der Waals surface area contributed by atoms with E-state index in [0.29, 0.717) is 16.3 Å². The van der Waals surface area contributed by atoms with Crippen LogP contribution in [0.15, 0.2) is 18.2 Å². The molecule has 0 saturated carbocycles. The van der Waals surface area contributed by atoms with E-state index in [1.54, 1.807) is 18.2 Å². The molecule has 5 nitrogen and oxygen atoms in total. The molecular formula is C12H10ClN3O2. The Labute approximate surface area is 109 Å². The van der Waals surface area contributed by atoms with Crippen LogP contribution in [0.25, 0.3) is 0 Å². The van der Waals surface area contributed by atoms with Crippen molar-refractivity contribution in [1.29, 1.82) is 5.26 Å². The van der Waals surface area contributed by atoms with E-state index in [2.05, 4.69) is 5.32 Å². The van der Waals surface area contributed by atoms with Crippen molar-refractivity contribution < 1.29 is 9.59 Å². The molecule has 6 heteroatoms. The number of halogens is 1. The minimum absolute atomic E-state index is 0.0900. The molecule has 0 spiro atoms. The highest BCUT2D eigenvalue weighted by Crippen LogP contribution is 2.23. The minimum atomic E-state index is -0.631. The van der Waals surface area contributed by atoms with Crippen LogP contribution in [-0.4, -0.2) is 29.8 Å². The van der Waals surface area contributed by atoms with Gasteiger partial charge in [0.25, 0.3) is 5.91 Å². The van der Waals surface area contributed by atoms with Crippen molar-refractivity contribution in [1.82, 2.24) is 4.90 Å². The summed E-state index contributed by atoms with van der Waals surface area (Å²) in [6, 6.07) is 6.10. The van der Waals surface area contributed by atoms with Crippen LogP contribution >= 0.6 is 11.6 Å². The Morgan fingerprint density at radius 1 is 1.50 bits per heavy atom. The summed E-state index contributed by atoms with van der Waals surface area (Å²) in [5, 5.41) is 12.3. The normalized spacial score (nSPS) is 18.9. The van der Waals surface area contributed by atoms with Crippen LogP contribution in [-0.2, 0) is 9.59 Å². The van der Waals surface area contributed by atoms with Gasteiger partial charge in [0, 0.05) is 12.1 Å². The van der Waals surface area contributed by atoms with E-state index in [1.165, 1.54) is 7.05 Å². The first kappa shape index (κ1) is 12.4. The number of nitriles is 1. The van der Waals surface area contributed by atoms with Gasteiger partial charge in [-0.3, -0.25) is 14.5 Å². The lowest BCUT2D eigenvalue weighted by atomic mass is 10.1. The molecule has 1 aliphatic heterocycles. The third-order valence-corrected chi connectivity index (χ3v) is 3.05. The molecule has 0 bridgehead atoms. The summed E-state index contributed by atoms with van der Waals surface area (Å²) in [5.74, 6) is -0.540. The van der Waals surface area contributed by atoms with Crippen molar-refractivity contribution in [3.05, 3.63) is 28.8 Å². The number of imide groups is 1. The molecule has 0 aromatic heterocycles. The maximum Gasteiger partial charge on any atom is 0.251 e. The molecule has 1 saturated heterocycles. The summed E-state index contributed by atoms with van der Waals surface area (Å²) in [6.45, 7) is 0. The summed E-state index contributed by atoms with van der Waals surface area (Å²) in [6.07, 6.45) is 0.0900. The van der Waals surface area contributed by atoms with Crippen LogP contribution in [0, 0.1) is 11.3 Å². The zero-order valence-electron chi connectivity index (χ0n) is 9.61. The molecule has 1 aliphatic rings. The zero-order chi connectivity index (χ0) is 13.3. The van der Waals surface area contributed by atoms with Gasteiger partial charge in [0.05, 0.1) is 17.7 Å². The first-order valence-corrected chi connectivity index (χ1v) is 5.67. The number of hydrogen-bond donors (Lipinski definition) is 1. The van der Waals surface area contributed by atoms with Crippen LogP contribution in [0.3, 0.4) is 0 Å². The molecule has 18 heavy (non-hydrogen) atoms. The molecule has 1 aromatic carbocycles. The number of rotatable bonds is 2. The summed E-state index contributed by atoms with van der Waals surface area (Å²) in [4.78, 5) is 24.2. The molecule has 1 N–H and O–H groups in total. The maximum absolute atomic E-state index is 11.7.